The number of aromatic nitrogens is 6. The second-order valence-corrected chi connectivity index (χ2v) is 7.35. The molecule has 1 saturated heterocycles. The quantitative estimate of drug-likeness (QED) is 0.623. The molecule has 0 aromatic carbocycles. The summed E-state index contributed by atoms with van der Waals surface area (Å²) in [4.78, 5) is 19.3. The Morgan fingerprint density at radius 3 is 2.86 bits per heavy atom. The summed E-state index contributed by atoms with van der Waals surface area (Å²) in [6.07, 6.45) is 5.68. The van der Waals surface area contributed by atoms with Gasteiger partial charge in [0.05, 0.1) is 36.8 Å². The molecule has 9 heteroatoms. The van der Waals surface area contributed by atoms with Crippen LogP contribution in [0.3, 0.4) is 0 Å². The van der Waals surface area contributed by atoms with Gasteiger partial charge >= 0.3 is 0 Å². The molecule has 1 atom stereocenters. The summed E-state index contributed by atoms with van der Waals surface area (Å²) in [6, 6.07) is 5.83. The summed E-state index contributed by atoms with van der Waals surface area (Å²) in [5, 5.41) is 12.8. The number of pyridine rings is 1. The summed E-state index contributed by atoms with van der Waals surface area (Å²) < 4.78 is 8.42. The van der Waals surface area contributed by atoms with E-state index >= 15 is 0 Å². The van der Waals surface area contributed by atoms with E-state index in [1.165, 1.54) is 4.68 Å². The lowest BCUT2D eigenvalue weighted by molar-refractivity contribution is 0.181. The van der Waals surface area contributed by atoms with Gasteiger partial charge in [-0.1, -0.05) is 5.21 Å². The maximum Gasteiger partial charge on any atom is 0.269 e. The van der Waals surface area contributed by atoms with Crippen molar-refractivity contribution in [1.29, 1.82) is 0 Å². The van der Waals surface area contributed by atoms with E-state index in [-0.39, 0.29) is 12.1 Å². The molecular formula is C20H25N7O2. The lowest BCUT2D eigenvalue weighted by atomic mass is 10.1. The molecule has 152 valence electrons. The Kier molecular flexibility index (Phi) is 5.39. The summed E-state index contributed by atoms with van der Waals surface area (Å²) in [6.45, 7) is 3.78. The Labute approximate surface area is 168 Å². The first-order chi connectivity index (χ1) is 14.1. The van der Waals surface area contributed by atoms with E-state index in [9.17, 15) is 4.79 Å². The van der Waals surface area contributed by atoms with Crippen LogP contribution in [0, 0.1) is 6.92 Å². The first-order valence-corrected chi connectivity index (χ1v) is 9.71. The Balaban J connectivity index is 1.60. The minimum Gasteiger partial charge on any atom is -0.383 e. The zero-order valence-corrected chi connectivity index (χ0v) is 16.9. The van der Waals surface area contributed by atoms with Crippen LogP contribution in [0.15, 0.2) is 35.4 Å². The molecule has 0 spiro atoms. The predicted molar refractivity (Wildman–Crippen MR) is 109 cm³/mol. The molecule has 3 aromatic rings. The van der Waals surface area contributed by atoms with Gasteiger partial charge < -0.3 is 9.64 Å². The number of methoxy groups -OCH3 is 1. The molecule has 0 radical (unpaired) electrons. The lowest BCUT2D eigenvalue weighted by Gasteiger charge is -2.25. The van der Waals surface area contributed by atoms with E-state index < -0.39 is 0 Å². The largest absolute Gasteiger partial charge is 0.383 e. The average molecular weight is 395 g/mol. The molecule has 0 aliphatic carbocycles. The average Bonchev–Trinajstić information content (AvgIpc) is 3.32. The normalized spacial score (nSPS) is 16.5. The number of ether oxygens (including phenoxy) is 1. The van der Waals surface area contributed by atoms with Crippen molar-refractivity contribution in [3.05, 3.63) is 52.3 Å². The Hall–Kier alpha value is -3.07. The van der Waals surface area contributed by atoms with Crippen molar-refractivity contribution in [3.63, 3.8) is 0 Å². The molecule has 0 N–H and O–H groups in total. The zero-order valence-electron chi connectivity index (χ0n) is 16.9. The molecule has 4 heterocycles. The molecule has 0 saturated carbocycles. The van der Waals surface area contributed by atoms with Crippen molar-refractivity contribution in [1.82, 2.24) is 29.8 Å². The molecule has 9 nitrogen and oxygen atoms in total. The molecule has 3 aromatic heterocycles. The summed E-state index contributed by atoms with van der Waals surface area (Å²) in [5.74, 6) is 0. The lowest BCUT2D eigenvalue weighted by Crippen LogP contribution is -2.34. The molecule has 0 bridgehead atoms. The van der Waals surface area contributed by atoms with E-state index in [0.29, 0.717) is 18.3 Å². The van der Waals surface area contributed by atoms with E-state index in [1.54, 1.807) is 30.3 Å². The number of aryl methyl sites for hydroxylation is 2. The predicted octanol–water partition coefficient (Wildman–Crippen LogP) is 1.41. The van der Waals surface area contributed by atoms with Crippen LogP contribution in [0.1, 0.15) is 24.2 Å². The van der Waals surface area contributed by atoms with Gasteiger partial charge in [-0.25, -0.2) is 9.36 Å². The molecule has 1 aliphatic rings. The molecular weight excluding hydrogens is 370 g/mol. The third-order valence-corrected chi connectivity index (χ3v) is 5.35. The number of rotatable bonds is 6. The maximum atomic E-state index is 12.8. The van der Waals surface area contributed by atoms with Crippen LogP contribution in [0.5, 0.6) is 0 Å². The summed E-state index contributed by atoms with van der Waals surface area (Å²) in [7, 11) is 3.52. The van der Waals surface area contributed by atoms with Crippen LogP contribution in [0.25, 0.3) is 11.3 Å². The fourth-order valence-electron chi connectivity index (χ4n) is 3.77. The van der Waals surface area contributed by atoms with Crippen molar-refractivity contribution in [3.8, 4) is 11.3 Å². The van der Waals surface area contributed by atoms with Gasteiger partial charge in [-0.2, -0.15) is 5.10 Å². The van der Waals surface area contributed by atoms with Gasteiger partial charge in [-0.05, 0) is 31.9 Å². The van der Waals surface area contributed by atoms with Gasteiger partial charge in [0.15, 0.2) is 0 Å². The number of hydrogen-bond donors (Lipinski definition) is 0. The smallest absolute Gasteiger partial charge is 0.269 e. The highest BCUT2D eigenvalue weighted by Crippen LogP contribution is 2.24. The minimum absolute atomic E-state index is 0.153. The van der Waals surface area contributed by atoms with Gasteiger partial charge in [-0.15, -0.1) is 5.10 Å². The topological polar surface area (TPSA) is 91.0 Å². The van der Waals surface area contributed by atoms with Crippen LogP contribution >= 0.6 is 0 Å². The highest BCUT2D eigenvalue weighted by Gasteiger charge is 2.25. The first kappa shape index (κ1) is 19.3. The molecule has 29 heavy (non-hydrogen) atoms. The highest BCUT2D eigenvalue weighted by molar-refractivity contribution is 5.60. The zero-order chi connectivity index (χ0) is 20.4. The standard InChI is InChI=1S/C20H25N7O2/c1-14-6-7-15(10-21-14)20-18(25(2)24-23-20)12-27-19(28)9-17(11-22-27)26-8-4-5-16(26)13-29-3/h6-7,9-11,16H,4-5,8,12-13H2,1-3H3/t16-/m0/s1. The molecule has 0 unspecified atom stereocenters. The van der Waals surface area contributed by atoms with E-state index in [4.69, 9.17) is 4.74 Å². The van der Waals surface area contributed by atoms with Crippen LogP contribution in [-0.4, -0.2) is 56.1 Å². The van der Waals surface area contributed by atoms with Crippen LogP contribution in [0.4, 0.5) is 5.69 Å². The number of nitrogens with zero attached hydrogens (tertiary/aromatic N) is 7. The van der Waals surface area contributed by atoms with Crippen molar-refractivity contribution in [2.45, 2.75) is 32.4 Å². The van der Waals surface area contributed by atoms with Crippen LogP contribution in [0.2, 0.25) is 0 Å². The Morgan fingerprint density at radius 2 is 2.14 bits per heavy atom. The van der Waals surface area contributed by atoms with Gasteiger partial charge in [-0.3, -0.25) is 9.78 Å². The van der Waals surface area contributed by atoms with Crippen molar-refractivity contribution < 1.29 is 4.74 Å². The molecule has 1 fully saturated rings. The second-order valence-electron chi connectivity index (χ2n) is 7.35. The van der Waals surface area contributed by atoms with Crippen LogP contribution in [-0.2, 0) is 18.3 Å². The molecule has 0 amide bonds. The second kappa shape index (κ2) is 8.12. The fourth-order valence-corrected chi connectivity index (χ4v) is 3.77. The van der Waals surface area contributed by atoms with Crippen LogP contribution < -0.4 is 10.5 Å². The van der Waals surface area contributed by atoms with E-state index in [0.717, 1.165) is 42.0 Å². The van der Waals surface area contributed by atoms with Gasteiger partial charge in [0, 0.05) is 44.2 Å². The van der Waals surface area contributed by atoms with Crippen molar-refractivity contribution >= 4 is 5.69 Å². The monoisotopic (exact) mass is 395 g/mol. The Morgan fingerprint density at radius 1 is 1.28 bits per heavy atom. The SMILES string of the molecule is COC[C@@H]1CCCN1c1cnn(Cc2c(-c3ccc(C)nc3)nnn2C)c(=O)c1. The minimum atomic E-state index is -0.153. The third kappa shape index (κ3) is 3.91. The van der Waals surface area contributed by atoms with Gasteiger partial charge in [0.25, 0.3) is 5.56 Å². The number of anilines is 1. The maximum absolute atomic E-state index is 12.8. The Bertz CT molecular complexity index is 1040. The number of hydrogen-bond acceptors (Lipinski definition) is 7. The highest BCUT2D eigenvalue weighted by atomic mass is 16.5. The molecule has 4 rings (SSSR count). The van der Waals surface area contributed by atoms with Crippen molar-refractivity contribution in [2.75, 3.05) is 25.2 Å². The van der Waals surface area contributed by atoms with E-state index in [1.807, 2.05) is 26.1 Å². The summed E-state index contributed by atoms with van der Waals surface area (Å²) >= 11 is 0. The first-order valence-electron chi connectivity index (χ1n) is 9.71. The summed E-state index contributed by atoms with van der Waals surface area (Å²) in [5.41, 5.74) is 4.00. The van der Waals surface area contributed by atoms with Crippen molar-refractivity contribution in [2.24, 2.45) is 7.05 Å². The van der Waals surface area contributed by atoms with E-state index in [2.05, 4.69) is 25.3 Å². The fraction of sp³-hybridized carbons (Fsp3) is 0.450. The third-order valence-electron chi connectivity index (χ3n) is 5.35. The van der Waals surface area contributed by atoms with Gasteiger partial charge in [0.2, 0.25) is 0 Å². The van der Waals surface area contributed by atoms with Gasteiger partial charge in [0.1, 0.15) is 5.69 Å². The molecule has 1 aliphatic heterocycles.